The van der Waals surface area contributed by atoms with Crippen LogP contribution in [0.4, 0.5) is 24.9 Å². The Bertz CT molecular complexity index is 1580. The average Bonchev–Trinajstić information content (AvgIpc) is 2.99. The van der Waals surface area contributed by atoms with Gasteiger partial charge in [0.1, 0.15) is 5.82 Å². The van der Waals surface area contributed by atoms with E-state index in [0.29, 0.717) is 42.5 Å². The lowest BCUT2D eigenvalue weighted by atomic mass is 9.86. The molecule has 2 aliphatic rings. The number of aromatic nitrogens is 2. The molecule has 0 aliphatic carbocycles. The number of fused-ring (bicyclic) bond motifs is 2. The molecule has 2 aliphatic heterocycles. The molecule has 10 heteroatoms. The van der Waals surface area contributed by atoms with Crippen molar-refractivity contribution in [2.24, 2.45) is 0 Å². The first-order chi connectivity index (χ1) is 19.7. The Labute approximate surface area is 236 Å². The van der Waals surface area contributed by atoms with Crippen LogP contribution in [-0.4, -0.2) is 55.0 Å². The van der Waals surface area contributed by atoms with E-state index in [2.05, 4.69) is 4.90 Å². The summed E-state index contributed by atoms with van der Waals surface area (Å²) in [7, 11) is 3.26. The highest BCUT2D eigenvalue weighted by atomic mass is 19.4. The van der Waals surface area contributed by atoms with Gasteiger partial charge in [-0.05, 0) is 59.9 Å². The van der Waals surface area contributed by atoms with Gasteiger partial charge in [-0.3, -0.25) is 0 Å². The predicted octanol–water partition coefficient (Wildman–Crippen LogP) is 5.58. The van der Waals surface area contributed by atoms with E-state index in [0.717, 1.165) is 47.4 Å². The molecule has 0 amide bonds. The summed E-state index contributed by atoms with van der Waals surface area (Å²) in [5, 5.41) is 12.0. The summed E-state index contributed by atoms with van der Waals surface area (Å²) >= 11 is 0. The smallest absolute Gasteiger partial charge is 0.416 e. The number of aliphatic hydroxyl groups excluding tert-OH is 1. The second-order valence-electron chi connectivity index (χ2n) is 10.5. The van der Waals surface area contributed by atoms with Crippen LogP contribution >= 0.6 is 0 Å². The topological polar surface area (TPSA) is 71.0 Å². The summed E-state index contributed by atoms with van der Waals surface area (Å²) in [6.07, 6.45) is -4.00. The molecule has 0 spiro atoms. The van der Waals surface area contributed by atoms with Gasteiger partial charge in [-0.1, -0.05) is 30.3 Å². The lowest BCUT2D eigenvalue weighted by Gasteiger charge is -2.37. The standard InChI is InChI=1S/C31H31F3N4O3/c1-40-27-15-19-10-12-37(17-21(19)16-28(27)41-2)29-24-8-3-4-9-25(24)35-30(36-29)38-13-11-23(26(39)18-38)20-6-5-7-22(14-20)31(32,33)34/h3-9,14-16,23,26,39H,10-13,17-18H2,1-2H3. The number of para-hydroxylation sites is 1. The molecule has 3 aromatic carbocycles. The SMILES string of the molecule is COc1cc2c(cc1OC)CN(c1nc(N3CCC(c4cccc(C(F)(F)F)c4)C(O)C3)nc3ccccc13)CC2. The summed E-state index contributed by atoms with van der Waals surface area (Å²) in [6.45, 7) is 2.12. The van der Waals surface area contributed by atoms with Crippen molar-refractivity contribution < 1.29 is 27.8 Å². The minimum Gasteiger partial charge on any atom is -0.493 e. The number of hydrogen-bond acceptors (Lipinski definition) is 7. The highest BCUT2D eigenvalue weighted by molar-refractivity contribution is 5.90. The van der Waals surface area contributed by atoms with Crippen LogP contribution < -0.4 is 19.3 Å². The minimum atomic E-state index is -4.43. The molecule has 1 saturated heterocycles. The van der Waals surface area contributed by atoms with E-state index in [1.807, 2.05) is 41.3 Å². The van der Waals surface area contributed by atoms with Gasteiger partial charge in [-0.25, -0.2) is 4.98 Å². The molecule has 41 heavy (non-hydrogen) atoms. The zero-order chi connectivity index (χ0) is 28.7. The van der Waals surface area contributed by atoms with Crippen LogP contribution in [0.25, 0.3) is 10.9 Å². The summed E-state index contributed by atoms with van der Waals surface area (Å²) in [5.74, 6) is 2.29. The number of aliphatic hydroxyl groups is 1. The van der Waals surface area contributed by atoms with Gasteiger partial charge in [0.15, 0.2) is 11.5 Å². The van der Waals surface area contributed by atoms with Gasteiger partial charge in [-0.2, -0.15) is 18.2 Å². The number of β-amino-alcohol motifs (C(OH)–C–C–N with tert-alkyl or cyclic N) is 1. The highest BCUT2D eigenvalue weighted by Crippen LogP contribution is 2.38. The van der Waals surface area contributed by atoms with E-state index in [1.165, 1.54) is 11.6 Å². The molecule has 6 rings (SSSR count). The maximum Gasteiger partial charge on any atom is 0.416 e. The van der Waals surface area contributed by atoms with Crippen molar-refractivity contribution in [2.45, 2.75) is 37.6 Å². The molecule has 7 nitrogen and oxygen atoms in total. The summed E-state index contributed by atoms with van der Waals surface area (Å²) < 4.78 is 50.9. The number of methoxy groups -OCH3 is 2. The van der Waals surface area contributed by atoms with Crippen LogP contribution in [0.15, 0.2) is 60.7 Å². The molecule has 2 unspecified atom stereocenters. The van der Waals surface area contributed by atoms with Crippen LogP contribution in [-0.2, 0) is 19.1 Å². The lowest BCUT2D eigenvalue weighted by Crippen LogP contribution is -2.44. The Balaban J connectivity index is 1.28. The van der Waals surface area contributed by atoms with Crippen LogP contribution in [0.1, 0.15) is 34.6 Å². The molecule has 214 valence electrons. The largest absolute Gasteiger partial charge is 0.493 e. The van der Waals surface area contributed by atoms with Crippen LogP contribution in [0.5, 0.6) is 11.5 Å². The molecule has 0 saturated carbocycles. The predicted molar refractivity (Wildman–Crippen MR) is 151 cm³/mol. The molecular weight excluding hydrogens is 533 g/mol. The van der Waals surface area contributed by atoms with E-state index < -0.39 is 23.8 Å². The number of piperidine rings is 1. The number of ether oxygens (including phenoxy) is 2. The zero-order valence-corrected chi connectivity index (χ0v) is 22.9. The minimum absolute atomic E-state index is 0.221. The molecule has 2 atom stereocenters. The molecule has 1 aromatic heterocycles. The third-order valence-corrected chi connectivity index (χ3v) is 8.10. The number of benzene rings is 3. The number of rotatable bonds is 5. The van der Waals surface area contributed by atoms with Gasteiger partial charge in [0, 0.05) is 37.5 Å². The first kappa shape index (κ1) is 27.1. The number of halogens is 3. The number of anilines is 2. The first-order valence-corrected chi connectivity index (χ1v) is 13.6. The Hall–Kier alpha value is -4.05. The van der Waals surface area contributed by atoms with Crippen LogP contribution in [0.3, 0.4) is 0 Å². The molecule has 1 fully saturated rings. The molecule has 1 N–H and O–H groups in total. The Kier molecular flexibility index (Phi) is 7.11. The second-order valence-corrected chi connectivity index (χ2v) is 10.5. The fraction of sp³-hybridized carbons (Fsp3) is 0.355. The summed E-state index contributed by atoms with van der Waals surface area (Å²) in [6, 6.07) is 17.2. The first-order valence-electron chi connectivity index (χ1n) is 13.6. The van der Waals surface area contributed by atoms with Crippen molar-refractivity contribution in [3.05, 3.63) is 82.9 Å². The molecule has 4 aromatic rings. The van der Waals surface area contributed by atoms with Gasteiger partial charge < -0.3 is 24.4 Å². The van der Waals surface area contributed by atoms with E-state index >= 15 is 0 Å². The Morgan fingerprint density at radius 1 is 0.878 bits per heavy atom. The maximum absolute atomic E-state index is 13.3. The number of alkyl halides is 3. The summed E-state index contributed by atoms with van der Waals surface area (Å²) in [4.78, 5) is 14.0. The molecular formula is C31H31F3N4O3. The number of nitrogens with zero attached hydrogens (tertiary/aromatic N) is 4. The van der Waals surface area contributed by atoms with Crippen LogP contribution in [0.2, 0.25) is 0 Å². The fourth-order valence-corrected chi connectivity index (χ4v) is 5.94. The van der Waals surface area contributed by atoms with E-state index in [-0.39, 0.29) is 6.54 Å². The van der Waals surface area contributed by atoms with Gasteiger partial charge in [0.2, 0.25) is 5.95 Å². The monoisotopic (exact) mass is 564 g/mol. The van der Waals surface area contributed by atoms with E-state index in [9.17, 15) is 18.3 Å². The molecule has 3 heterocycles. The summed E-state index contributed by atoms with van der Waals surface area (Å²) in [5.41, 5.74) is 2.92. The van der Waals surface area contributed by atoms with Gasteiger partial charge >= 0.3 is 6.18 Å². The third kappa shape index (κ3) is 5.24. The van der Waals surface area contributed by atoms with Crippen LogP contribution in [0, 0.1) is 0 Å². The van der Waals surface area contributed by atoms with Gasteiger partial charge in [0.05, 0.1) is 31.4 Å². The lowest BCUT2D eigenvalue weighted by molar-refractivity contribution is -0.137. The normalized spacial score (nSPS) is 19.3. The van der Waals surface area contributed by atoms with Crippen molar-refractivity contribution in [3.63, 3.8) is 0 Å². The Morgan fingerprint density at radius 3 is 2.37 bits per heavy atom. The highest BCUT2D eigenvalue weighted by Gasteiger charge is 2.34. The average molecular weight is 565 g/mol. The van der Waals surface area contributed by atoms with Crippen molar-refractivity contribution in [1.29, 1.82) is 0 Å². The fourth-order valence-electron chi connectivity index (χ4n) is 5.94. The van der Waals surface area contributed by atoms with Gasteiger partial charge in [0.25, 0.3) is 0 Å². The number of hydrogen-bond donors (Lipinski definition) is 1. The Morgan fingerprint density at radius 2 is 1.63 bits per heavy atom. The zero-order valence-electron chi connectivity index (χ0n) is 22.9. The van der Waals surface area contributed by atoms with Crippen molar-refractivity contribution in [2.75, 3.05) is 43.7 Å². The van der Waals surface area contributed by atoms with Gasteiger partial charge in [-0.15, -0.1) is 0 Å². The van der Waals surface area contributed by atoms with Crippen molar-refractivity contribution >= 4 is 22.7 Å². The van der Waals surface area contributed by atoms with Crippen molar-refractivity contribution in [1.82, 2.24) is 9.97 Å². The maximum atomic E-state index is 13.3. The molecule has 0 bridgehead atoms. The second kappa shape index (κ2) is 10.7. The van der Waals surface area contributed by atoms with E-state index in [1.54, 1.807) is 20.3 Å². The quantitative estimate of drug-likeness (QED) is 0.339. The van der Waals surface area contributed by atoms with Crippen molar-refractivity contribution in [3.8, 4) is 11.5 Å². The third-order valence-electron chi connectivity index (χ3n) is 8.10. The van der Waals surface area contributed by atoms with E-state index in [4.69, 9.17) is 19.4 Å². The molecule has 0 radical (unpaired) electrons.